The SMILES string of the molecule is COc1cc(OC)c(NC(C)c2ccc(C)s2)cc1Cl. The number of benzene rings is 1. The molecule has 0 fully saturated rings. The molecule has 1 aromatic carbocycles. The van der Waals surface area contributed by atoms with Crippen molar-refractivity contribution in [3.05, 3.63) is 39.0 Å². The van der Waals surface area contributed by atoms with Crippen molar-refractivity contribution in [1.29, 1.82) is 0 Å². The normalized spacial score (nSPS) is 12.1. The maximum absolute atomic E-state index is 6.17. The van der Waals surface area contributed by atoms with Gasteiger partial charge in [-0.15, -0.1) is 11.3 Å². The van der Waals surface area contributed by atoms with E-state index in [1.54, 1.807) is 31.6 Å². The maximum atomic E-state index is 6.17. The summed E-state index contributed by atoms with van der Waals surface area (Å²) in [4.78, 5) is 2.57. The molecule has 1 unspecified atom stereocenters. The fraction of sp³-hybridized carbons (Fsp3) is 0.333. The molecule has 0 aliphatic rings. The van der Waals surface area contributed by atoms with Crippen LogP contribution in [0.5, 0.6) is 11.5 Å². The van der Waals surface area contributed by atoms with Crippen molar-refractivity contribution in [1.82, 2.24) is 0 Å². The minimum Gasteiger partial charge on any atom is -0.495 e. The lowest BCUT2D eigenvalue weighted by Gasteiger charge is -2.18. The minimum absolute atomic E-state index is 0.187. The molecule has 0 radical (unpaired) electrons. The number of aryl methyl sites for hydroxylation is 1. The lowest BCUT2D eigenvalue weighted by Crippen LogP contribution is -2.06. The van der Waals surface area contributed by atoms with Crippen LogP contribution in [0.15, 0.2) is 24.3 Å². The predicted molar refractivity (Wildman–Crippen MR) is 85.6 cm³/mol. The topological polar surface area (TPSA) is 30.5 Å². The van der Waals surface area contributed by atoms with Crippen LogP contribution in [0, 0.1) is 6.92 Å². The number of methoxy groups -OCH3 is 2. The average molecular weight is 312 g/mol. The molecule has 0 saturated heterocycles. The van der Waals surface area contributed by atoms with Gasteiger partial charge in [0.1, 0.15) is 11.5 Å². The Balaban J connectivity index is 2.26. The summed E-state index contributed by atoms with van der Waals surface area (Å²) in [5.74, 6) is 1.32. The molecule has 0 aliphatic heterocycles. The van der Waals surface area contributed by atoms with Crippen LogP contribution in [0.4, 0.5) is 5.69 Å². The van der Waals surface area contributed by atoms with Crippen molar-refractivity contribution in [3.8, 4) is 11.5 Å². The van der Waals surface area contributed by atoms with Crippen molar-refractivity contribution >= 4 is 28.6 Å². The van der Waals surface area contributed by atoms with Gasteiger partial charge in [0.05, 0.1) is 31.0 Å². The minimum atomic E-state index is 0.187. The summed E-state index contributed by atoms with van der Waals surface area (Å²) < 4.78 is 10.6. The molecule has 5 heteroatoms. The van der Waals surface area contributed by atoms with E-state index in [9.17, 15) is 0 Å². The molecule has 1 heterocycles. The van der Waals surface area contributed by atoms with Crippen molar-refractivity contribution in [2.75, 3.05) is 19.5 Å². The Morgan fingerprint density at radius 3 is 2.40 bits per heavy atom. The molecule has 3 nitrogen and oxygen atoms in total. The number of rotatable bonds is 5. The quantitative estimate of drug-likeness (QED) is 0.852. The molecule has 1 aromatic heterocycles. The Morgan fingerprint density at radius 1 is 1.15 bits per heavy atom. The second-order valence-electron chi connectivity index (χ2n) is 4.50. The van der Waals surface area contributed by atoms with Crippen molar-refractivity contribution in [2.24, 2.45) is 0 Å². The van der Waals surface area contributed by atoms with Gasteiger partial charge < -0.3 is 14.8 Å². The molecule has 1 atom stereocenters. The predicted octanol–water partition coefficient (Wildman–Crippen LogP) is 4.90. The largest absolute Gasteiger partial charge is 0.495 e. The molecule has 0 aliphatic carbocycles. The van der Waals surface area contributed by atoms with Crippen molar-refractivity contribution in [2.45, 2.75) is 19.9 Å². The highest BCUT2D eigenvalue weighted by Crippen LogP contribution is 2.38. The molecule has 0 spiro atoms. The van der Waals surface area contributed by atoms with Crippen LogP contribution < -0.4 is 14.8 Å². The highest BCUT2D eigenvalue weighted by molar-refractivity contribution is 7.12. The summed E-state index contributed by atoms with van der Waals surface area (Å²) in [5.41, 5.74) is 0.858. The van der Waals surface area contributed by atoms with E-state index in [0.717, 1.165) is 5.69 Å². The smallest absolute Gasteiger partial charge is 0.145 e. The van der Waals surface area contributed by atoms with E-state index in [-0.39, 0.29) is 6.04 Å². The first-order valence-electron chi connectivity index (χ1n) is 6.29. The van der Waals surface area contributed by atoms with Gasteiger partial charge in [0.2, 0.25) is 0 Å². The molecular formula is C15H18ClNO2S. The van der Waals surface area contributed by atoms with Gasteiger partial charge >= 0.3 is 0 Å². The van der Waals surface area contributed by atoms with E-state index in [1.165, 1.54) is 9.75 Å². The van der Waals surface area contributed by atoms with Crippen molar-refractivity contribution < 1.29 is 9.47 Å². The van der Waals surface area contributed by atoms with Gasteiger partial charge in [-0.25, -0.2) is 0 Å². The second kappa shape index (κ2) is 6.37. The third-order valence-electron chi connectivity index (χ3n) is 3.03. The Bertz CT molecular complexity index is 598. The Morgan fingerprint density at radius 2 is 1.85 bits per heavy atom. The lowest BCUT2D eigenvalue weighted by atomic mass is 10.2. The van der Waals surface area contributed by atoms with Gasteiger partial charge in [0, 0.05) is 15.8 Å². The van der Waals surface area contributed by atoms with Gasteiger partial charge in [-0.2, -0.15) is 0 Å². The number of ether oxygens (including phenoxy) is 2. The third-order valence-corrected chi connectivity index (χ3v) is 4.51. The number of halogens is 1. The molecule has 2 rings (SSSR count). The summed E-state index contributed by atoms with van der Waals surface area (Å²) in [6.07, 6.45) is 0. The van der Waals surface area contributed by atoms with Crippen LogP contribution in [0.25, 0.3) is 0 Å². The lowest BCUT2D eigenvalue weighted by molar-refractivity contribution is 0.395. The zero-order valence-electron chi connectivity index (χ0n) is 12.0. The first-order chi connectivity index (χ1) is 9.55. The van der Waals surface area contributed by atoms with E-state index in [0.29, 0.717) is 16.5 Å². The van der Waals surface area contributed by atoms with Crippen LogP contribution in [0.3, 0.4) is 0 Å². The number of anilines is 1. The zero-order chi connectivity index (χ0) is 14.7. The van der Waals surface area contributed by atoms with Crippen LogP contribution in [0.2, 0.25) is 5.02 Å². The first kappa shape index (κ1) is 15.0. The average Bonchev–Trinajstić information content (AvgIpc) is 2.86. The molecule has 0 bridgehead atoms. The molecule has 2 aromatic rings. The third kappa shape index (κ3) is 3.19. The summed E-state index contributed by atoms with van der Waals surface area (Å²) in [7, 11) is 3.22. The Labute approximate surface area is 128 Å². The fourth-order valence-electron chi connectivity index (χ4n) is 1.96. The number of nitrogens with one attached hydrogen (secondary N) is 1. The standard InChI is InChI=1S/C15H18ClNO2S/c1-9-5-6-15(20-9)10(2)17-12-7-11(16)13(18-3)8-14(12)19-4/h5-8,10,17H,1-4H3. The van der Waals surface area contributed by atoms with Gasteiger partial charge in [0.25, 0.3) is 0 Å². The number of hydrogen-bond donors (Lipinski definition) is 1. The number of hydrogen-bond acceptors (Lipinski definition) is 4. The van der Waals surface area contributed by atoms with E-state index < -0.39 is 0 Å². The van der Waals surface area contributed by atoms with Gasteiger partial charge in [-0.3, -0.25) is 0 Å². The van der Waals surface area contributed by atoms with E-state index in [1.807, 2.05) is 6.07 Å². The van der Waals surface area contributed by atoms with Crippen LogP contribution in [-0.4, -0.2) is 14.2 Å². The van der Waals surface area contributed by atoms with Crippen LogP contribution in [-0.2, 0) is 0 Å². The van der Waals surface area contributed by atoms with Gasteiger partial charge in [-0.1, -0.05) is 11.6 Å². The molecule has 1 N–H and O–H groups in total. The Hall–Kier alpha value is -1.39. The first-order valence-corrected chi connectivity index (χ1v) is 7.49. The second-order valence-corrected chi connectivity index (χ2v) is 6.23. The molecule has 20 heavy (non-hydrogen) atoms. The fourth-order valence-corrected chi connectivity index (χ4v) is 3.08. The highest BCUT2D eigenvalue weighted by atomic mass is 35.5. The number of thiophene rings is 1. The summed E-state index contributed by atoms with van der Waals surface area (Å²) in [5, 5.41) is 3.99. The molecule has 108 valence electrons. The highest BCUT2D eigenvalue weighted by Gasteiger charge is 2.14. The maximum Gasteiger partial charge on any atom is 0.145 e. The van der Waals surface area contributed by atoms with E-state index in [4.69, 9.17) is 21.1 Å². The van der Waals surface area contributed by atoms with Crippen LogP contribution in [0.1, 0.15) is 22.7 Å². The molecule has 0 amide bonds. The zero-order valence-corrected chi connectivity index (χ0v) is 13.6. The summed E-state index contributed by atoms with van der Waals surface area (Å²) in [6, 6.07) is 8.06. The van der Waals surface area contributed by atoms with Gasteiger partial charge in [0.15, 0.2) is 0 Å². The van der Waals surface area contributed by atoms with Gasteiger partial charge in [-0.05, 0) is 32.0 Å². The van der Waals surface area contributed by atoms with E-state index in [2.05, 4.69) is 31.3 Å². The monoisotopic (exact) mass is 311 g/mol. The van der Waals surface area contributed by atoms with Crippen molar-refractivity contribution in [3.63, 3.8) is 0 Å². The van der Waals surface area contributed by atoms with Crippen LogP contribution >= 0.6 is 22.9 Å². The summed E-state index contributed by atoms with van der Waals surface area (Å²) >= 11 is 7.95. The Kier molecular flexibility index (Phi) is 4.78. The molecule has 0 saturated carbocycles. The summed E-state index contributed by atoms with van der Waals surface area (Å²) in [6.45, 7) is 4.22. The van der Waals surface area contributed by atoms with E-state index >= 15 is 0 Å². The molecular weight excluding hydrogens is 294 g/mol.